The first-order valence-corrected chi connectivity index (χ1v) is 6.95. The third kappa shape index (κ3) is 3.66. The van der Waals surface area contributed by atoms with Gasteiger partial charge in [0, 0.05) is 18.2 Å². The summed E-state index contributed by atoms with van der Waals surface area (Å²) in [5, 5.41) is 13.0. The van der Waals surface area contributed by atoms with Crippen molar-refractivity contribution in [3.05, 3.63) is 29.3 Å². The van der Waals surface area contributed by atoms with E-state index in [1.54, 1.807) is 19.1 Å². The summed E-state index contributed by atoms with van der Waals surface area (Å²) in [5.41, 5.74) is 1.51. The molecule has 0 radical (unpaired) electrons. The summed E-state index contributed by atoms with van der Waals surface area (Å²) in [4.78, 5) is 0. The molecule has 0 bridgehead atoms. The van der Waals surface area contributed by atoms with Crippen molar-refractivity contribution < 1.29 is 18.3 Å². The Labute approximate surface area is 117 Å². The van der Waals surface area contributed by atoms with Crippen molar-refractivity contribution in [2.45, 2.75) is 51.4 Å². The summed E-state index contributed by atoms with van der Waals surface area (Å²) in [7, 11) is 0. The number of nitrogens with one attached hydrogen (secondary N) is 1. The second-order valence-corrected chi connectivity index (χ2v) is 5.57. The van der Waals surface area contributed by atoms with Crippen molar-refractivity contribution in [1.82, 2.24) is 5.32 Å². The Hall–Kier alpha value is -1.23. The topological polar surface area (TPSA) is 32.3 Å². The van der Waals surface area contributed by atoms with E-state index in [1.165, 1.54) is 0 Å². The van der Waals surface area contributed by atoms with E-state index in [1.807, 2.05) is 6.07 Å². The molecule has 0 heterocycles. The van der Waals surface area contributed by atoms with Gasteiger partial charge in [-0.05, 0) is 31.7 Å². The van der Waals surface area contributed by atoms with Crippen molar-refractivity contribution >= 4 is 0 Å². The Bertz CT molecular complexity index is 459. The Kier molecular flexibility index (Phi) is 4.58. The lowest BCUT2D eigenvalue weighted by molar-refractivity contribution is -0.183. The van der Waals surface area contributed by atoms with Gasteiger partial charge in [0.15, 0.2) is 0 Å². The Balaban J connectivity index is 1.92. The summed E-state index contributed by atoms with van der Waals surface area (Å²) in [6.45, 7) is 2.21. The van der Waals surface area contributed by atoms with Crippen LogP contribution in [0.3, 0.4) is 0 Å². The molecule has 2 N–H and O–H groups in total. The molecule has 0 aromatic heterocycles. The van der Waals surface area contributed by atoms with Crippen molar-refractivity contribution in [2.75, 3.05) is 0 Å². The lowest BCUT2D eigenvalue weighted by Crippen LogP contribution is -2.38. The number of aromatic hydroxyl groups is 1. The molecule has 1 aromatic rings. The van der Waals surface area contributed by atoms with Crippen LogP contribution in [0.4, 0.5) is 13.2 Å². The highest BCUT2D eigenvalue weighted by molar-refractivity contribution is 5.39. The molecule has 1 aliphatic carbocycles. The fourth-order valence-electron chi connectivity index (χ4n) is 2.79. The maximum absolute atomic E-state index is 12.7. The summed E-state index contributed by atoms with van der Waals surface area (Å²) in [6.07, 6.45) is -2.36. The predicted molar refractivity (Wildman–Crippen MR) is 71.5 cm³/mol. The van der Waals surface area contributed by atoms with Crippen LogP contribution in [0.5, 0.6) is 5.75 Å². The van der Waals surface area contributed by atoms with E-state index in [9.17, 15) is 18.3 Å². The Morgan fingerprint density at radius 3 is 2.75 bits per heavy atom. The smallest absolute Gasteiger partial charge is 0.391 e. The van der Waals surface area contributed by atoms with Gasteiger partial charge in [0.1, 0.15) is 5.75 Å². The van der Waals surface area contributed by atoms with Gasteiger partial charge in [-0.15, -0.1) is 0 Å². The summed E-state index contributed by atoms with van der Waals surface area (Å²) < 4.78 is 38.2. The molecule has 2 atom stereocenters. The maximum Gasteiger partial charge on any atom is 0.391 e. The number of phenols is 1. The first-order chi connectivity index (χ1) is 9.38. The summed E-state index contributed by atoms with van der Waals surface area (Å²) >= 11 is 0. The minimum absolute atomic E-state index is 0.129. The van der Waals surface area contributed by atoms with Crippen LogP contribution in [0.25, 0.3) is 0 Å². The number of rotatable bonds is 3. The Morgan fingerprint density at radius 2 is 2.05 bits per heavy atom. The van der Waals surface area contributed by atoms with E-state index in [2.05, 4.69) is 5.32 Å². The molecule has 2 nitrogen and oxygen atoms in total. The molecule has 0 spiro atoms. The van der Waals surface area contributed by atoms with Gasteiger partial charge in [-0.2, -0.15) is 13.2 Å². The quantitative estimate of drug-likeness (QED) is 0.883. The average molecular weight is 287 g/mol. The second-order valence-electron chi connectivity index (χ2n) is 5.57. The monoisotopic (exact) mass is 287 g/mol. The fourth-order valence-corrected chi connectivity index (χ4v) is 2.79. The van der Waals surface area contributed by atoms with Crippen LogP contribution in [0.2, 0.25) is 0 Å². The van der Waals surface area contributed by atoms with Crippen LogP contribution in [-0.2, 0) is 6.54 Å². The highest BCUT2D eigenvalue weighted by Crippen LogP contribution is 2.37. The number of halogens is 3. The normalized spacial score (nSPS) is 23.8. The molecule has 1 aliphatic rings. The van der Waals surface area contributed by atoms with E-state index >= 15 is 0 Å². The SMILES string of the molecule is Cc1cccc(CNC2CCCC(C(F)(F)F)C2)c1O. The van der Waals surface area contributed by atoms with Crippen LogP contribution < -0.4 is 5.32 Å². The lowest BCUT2D eigenvalue weighted by Gasteiger charge is -2.31. The van der Waals surface area contributed by atoms with Crippen LogP contribution >= 0.6 is 0 Å². The van der Waals surface area contributed by atoms with Gasteiger partial charge < -0.3 is 10.4 Å². The van der Waals surface area contributed by atoms with Gasteiger partial charge in [-0.25, -0.2) is 0 Å². The van der Waals surface area contributed by atoms with Crippen molar-refractivity contribution in [3.63, 3.8) is 0 Å². The molecule has 112 valence electrons. The molecule has 1 saturated carbocycles. The van der Waals surface area contributed by atoms with Crippen LogP contribution in [0.1, 0.15) is 36.8 Å². The minimum atomic E-state index is -4.09. The fraction of sp³-hybridized carbons (Fsp3) is 0.600. The van der Waals surface area contributed by atoms with Crippen molar-refractivity contribution in [1.29, 1.82) is 0 Å². The lowest BCUT2D eigenvalue weighted by atomic mass is 9.85. The molecule has 0 aliphatic heterocycles. The number of phenolic OH excluding ortho intramolecular Hbond substituents is 1. The highest BCUT2D eigenvalue weighted by atomic mass is 19.4. The summed E-state index contributed by atoms with van der Waals surface area (Å²) in [6, 6.07) is 5.31. The Morgan fingerprint density at radius 1 is 1.30 bits per heavy atom. The van der Waals surface area contributed by atoms with Gasteiger partial charge in [0.2, 0.25) is 0 Å². The van der Waals surface area contributed by atoms with Crippen LogP contribution in [0, 0.1) is 12.8 Å². The predicted octanol–water partition coefficient (Wildman–Crippen LogP) is 3.91. The molecule has 0 amide bonds. The molecule has 20 heavy (non-hydrogen) atoms. The van der Waals surface area contributed by atoms with E-state index in [0.29, 0.717) is 13.0 Å². The molecule has 1 aromatic carbocycles. The first-order valence-electron chi connectivity index (χ1n) is 6.95. The maximum atomic E-state index is 12.7. The second kappa shape index (κ2) is 6.04. The molecule has 5 heteroatoms. The molecule has 1 fully saturated rings. The van der Waals surface area contributed by atoms with E-state index in [-0.39, 0.29) is 24.6 Å². The summed E-state index contributed by atoms with van der Waals surface area (Å²) in [5.74, 6) is -0.969. The van der Waals surface area contributed by atoms with E-state index in [0.717, 1.165) is 17.5 Å². The minimum Gasteiger partial charge on any atom is -0.507 e. The highest BCUT2D eigenvalue weighted by Gasteiger charge is 2.41. The van der Waals surface area contributed by atoms with Gasteiger partial charge in [0.25, 0.3) is 0 Å². The number of alkyl halides is 3. The third-order valence-corrected chi connectivity index (χ3v) is 4.04. The number of hydrogen-bond donors (Lipinski definition) is 2. The van der Waals surface area contributed by atoms with Crippen LogP contribution in [-0.4, -0.2) is 17.3 Å². The van der Waals surface area contributed by atoms with E-state index in [4.69, 9.17) is 0 Å². The third-order valence-electron chi connectivity index (χ3n) is 4.04. The van der Waals surface area contributed by atoms with Gasteiger partial charge in [-0.1, -0.05) is 24.6 Å². The first kappa shape index (κ1) is 15.2. The molecular formula is C15H20F3NO. The van der Waals surface area contributed by atoms with Gasteiger partial charge in [0.05, 0.1) is 5.92 Å². The number of benzene rings is 1. The number of aryl methyl sites for hydroxylation is 1. The van der Waals surface area contributed by atoms with Crippen molar-refractivity contribution in [2.24, 2.45) is 5.92 Å². The zero-order valence-corrected chi connectivity index (χ0v) is 11.5. The van der Waals surface area contributed by atoms with E-state index < -0.39 is 12.1 Å². The van der Waals surface area contributed by atoms with Crippen LogP contribution in [0.15, 0.2) is 18.2 Å². The standard InChI is InChI=1S/C15H20F3NO/c1-10-4-2-5-11(14(10)20)9-19-13-7-3-6-12(8-13)15(16,17)18/h2,4-5,12-13,19-20H,3,6-9H2,1H3. The molecular weight excluding hydrogens is 267 g/mol. The average Bonchev–Trinajstić information content (AvgIpc) is 2.40. The van der Waals surface area contributed by atoms with Gasteiger partial charge in [-0.3, -0.25) is 0 Å². The molecule has 0 saturated heterocycles. The largest absolute Gasteiger partial charge is 0.507 e. The zero-order chi connectivity index (χ0) is 14.8. The molecule has 2 rings (SSSR count). The zero-order valence-electron chi connectivity index (χ0n) is 11.5. The number of para-hydroxylation sites is 1. The van der Waals surface area contributed by atoms with Crippen molar-refractivity contribution in [3.8, 4) is 5.75 Å². The molecule has 2 unspecified atom stereocenters. The van der Waals surface area contributed by atoms with Gasteiger partial charge >= 0.3 is 6.18 Å². The number of hydrogen-bond acceptors (Lipinski definition) is 2.